The largest absolute Gasteiger partial charge is 0.545 e. The SMILES string of the molecule is C=C(C)C(=O)OC(C)NCCCC.C=C(CCCCCCCC)C(N)=O.C=CC(=O)[O-]. The summed E-state index contributed by atoms with van der Waals surface area (Å²) in [7, 11) is 0. The summed E-state index contributed by atoms with van der Waals surface area (Å²) < 4.78 is 5.01. The highest BCUT2D eigenvalue weighted by Gasteiger charge is 2.08. The first-order chi connectivity index (χ1) is 14.5. The van der Waals surface area contributed by atoms with Crippen molar-refractivity contribution >= 4 is 17.8 Å². The molecule has 0 aromatic heterocycles. The number of carboxylic acids is 1. The Bertz CT molecular complexity index is 544. The fraction of sp³-hybridized carbons (Fsp3) is 0.625. The van der Waals surface area contributed by atoms with Gasteiger partial charge in [-0.25, -0.2) is 4.79 Å². The molecular formula is C24H43N2O5-. The number of carboxylic acid groups (broad SMARTS) is 1. The van der Waals surface area contributed by atoms with Gasteiger partial charge in [-0.1, -0.05) is 72.1 Å². The number of esters is 1. The number of rotatable bonds is 15. The van der Waals surface area contributed by atoms with Gasteiger partial charge in [0.25, 0.3) is 0 Å². The number of nitrogens with one attached hydrogen (secondary N) is 1. The maximum atomic E-state index is 11.0. The van der Waals surface area contributed by atoms with Crippen molar-refractivity contribution in [3.63, 3.8) is 0 Å². The van der Waals surface area contributed by atoms with Crippen molar-refractivity contribution in [1.82, 2.24) is 5.32 Å². The molecule has 31 heavy (non-hydrogen) atoms. The molecule has 7 heteroatoms. The van der Waals surface area contributed by atoms with Crippen molar-refractivity contribution in [3.05, 3.63) is 37.0 Å². The summed E-state index contributed by atoms with van der Waals surface area (Å²) in [5, 5.41) is 12.2. The van der Waals surface area contributed by atoms with Crippen LogP contribution in [0.4, 0.5) is 0 Å². The average Bonchev–Trinajstić information content (AvgIpc) is 2.71. The highest BCUT2D eigenvalue weighted by molar-refractivity contribution is 5.91. The van der Waals surface area contributed by atoms with Gasteiger partial charge < -0.3 is 20.4 Å². The molecule has 3 N–H and O–H groups in total. The number of nitrogens with two attached hydrogens (primary N) is 1. The van der Waals surface area contributed by atoms with Gasteiger partial charge >= 0.3 is 5.97 Å². The lowest BCUT2D eigenvalue weighted by atomic mass is 10.1. The third-order valence-corrected chi connectivity index (χ3v) is 3.94. The van der Waals surface area contributed by atoms with Crippen molar-refractivity contribution in [3.8, 4) is 0 Å². The fourth-order valence-electron chi connectivity index (χ4n) is 2.03. The van der Waals surface area contributed by atoms with Gasteiger partial charge in [0.05, 0.1) is 5.97 Å². The molecule has 0 rings (SSSR count). The van der Waals surface area contributed by atoms with E-state index in [1.54, 1.807) is 6.92 Å². The number of unbranched alkanes of at least 4 members (excludes halogenated alkanes) is 6. The minimum atomic E-state index is -1.23. The Morgan fingerprint density at radius 3 is 1.94 bits per heavy atom. The van der Waals surface area contributed by atoms with E-state index in [9.17, 15) is 9.59 Å². The Morgan fingerprint density at radius 2 is 1.52 bits per heavy atom. The van der Waals surface area contributed by atoms with Crippen LogP contribution in [-0.4, -0.2) is 30.6 Å². The highest BCUT2D eigenvalue weighted by atomic mass is 16.6. The molecule has 0 bridgehead atoms. The van der Waals surface area contributed by atoms with Gasteiger partial charge in [0.15, 0.2) is 6.23 Å². The average molecular weight is 440 g/mol. The van der Waals surface area contributed by atoms with Gasteiger partial charge in [0, 0.05) is 11.1 Å². The fourth-order valence-corrected chi connectivity index (χ4v) is 2.03. The van der Waals surface area contributed by atoms with E-state index in [4.69, 9.17) is 20.4 Å². The first-order valence-electron chi connectivity index (χ1n) is 10.9. The van der Waals surface area contributed by atoms with E-state index in [1.165, 1.54) is 32.1 Å². The van der Waals surface area contributed by atoms with Crippen LogP contribution in [0.2, 0.25) is 0 Å². The molecule has 0 aliphatic carbocycles. The first-order valence-corrected chi connectivity index (χ1v) is 10.9. The Morgan fingerprint density at radius 1 is 1.03 bits per heavy atom. The smallest absolute Gasteiger partial charge is 0.334 e. The van der Waals surface area contributed by atoms with E-state index in [0.29, 0.717) is 11.1 Å². The molecule has 0 aliphatic heterocycles. The summed E-state index contributed by atoms with van der Waals surface area (Å²) in [6.45, 7) is 18.7. The predicted octanol–water partition coefficient (Wildman–Crippen LogP) is 3.54. The van der Waals surface area contributed by atoms with Crippen LogP contribution >= 0.6 is 0 Å². The number of hydrogen-bond acceptors (Lipinski definition) is 6. The third kappa shape index (κ3) is 29.9. The predicted molar refractivity (Wildman–Crippen MR) is 125 cm³/mol. The van der Waals surface area contributed by atoms with E-state index in [1.807, 2.05) is 6.92 Å². The molecule has 180 valence electrons. The summed E-state index contributed by atoms with van der Waals surface area (Å²) in [6, 6.07) is 0. The van der Waals surface area contributed by atoms with Crippen molar-refractivity contribution in [2.45, 2.75) is 91.7 Å². The van der Waals surface area contributed by atoms with Crippen molar-refractivity contribution in [2.75, 3.05) is 6.54 Å². The first kappa shape index (κ1) is 33.2. The highest BCUT2D eigenvalue weighted by Crippen LogP contribution is 2.10. The van der Waals surface area contributed by atoms with Gasteiger partial charge in [-0.3, -0.25) is 10.1 Å². The van der Waals surface area contributed by atoms with E-state index in [0.717, 1.165) is 38.3 Å². The number of carbonyl (C=O) groups is 3. The molecular weight excluding hydrogens is 396 g/mol. The quantitative estimate of drug-likeness (QED) is 0.174. The lowest BCUT2D eigenvalue weighted by molar-refractivity contribution is -0.297. The normalized spacial score (nSPS) is 10.3. The minimum Gasteiger partial charge on any atom is -0.545 e. The van der Waals surface area contributed by atoms with Crippen LogP contribution < -0.4 is 16.2 Å². The standard InChI is InChI=1S/C11H21NO.C10H19NO2.C3H4O2/c1-3-4-5-6-7-8-9-10(2)11(12)13;1-5-6-7-11-9(4)13-10(12)8(2)3;1-2-3(4)5/h2-9H2,1H3,(H2,12,13);9,11H,2,5-7H2,1,3-4H3;2H,1H2,(H,4,5)/p-1. The molecule has 0 aromatic rings. The van der Waals surface area contributed by atoms with Gasteiger partial charge in [-0.15, -0.1) is 0 Å². The van der Waals surface area contributed by atoms with Gasteiger partial charge in [-0.2, -0.15) is 0 Å². The Hall–Kier alpha value is -2.41. The second kappa shape index (κ2) is 23.9. The molecule has 1 unspecified atom stereocenters. The second-order valence-electron chi connectivity index (χ2n) is 7.14. The van der Waals surface area contributed by atoms with Crippen LogP contribution in [0.15, 0.2) is 37.0 Å². The summed E-state index contributed by atoms with van der Waals surface area (Å²) in [5.74, 6) is -1.92. The molecule has 0 saturated heterocycles. The van der Waals surface area contributed by atoms with Crippen molar-refractivity contribution < 1.29 is 24.2 Å². The van der Waals surface area contributed by atoms with Crippen molar-refractivity contribution in [1.29, 1.82) is 0 Å². The van der Waals surface area contributed by atoms with Crippen LogP contribution in [0.3, 0.4) is 0 Å². The van der Waals surface area contributed by atoms with E-state index >= 15 is 0 Å². The van der Waals surface area contributed by atoms with Crippen LogP contribution in [0.25, 0.3) is 0 Å². The minimum absolute atomic E-state index is 0.226. The molecule has 7 nitrogen and oxygen atoms in total. The number of ether oxygens (including phenoxy) is 1. The number of amides is 1. The number of carbonyl (C=O) groups excluding carboxylic acids is 3. The zero-order valence-electron chi connectivity index (χ0n) is 20.0. The maximum Gasteiger partial charge on any atom is 0.334 e. The van der Waals surface area contributed by atoms with Crippen LogP contribution in [0.5, 0.6) is 0 Å². The number of hydrogen-bond donors (Lipinski definition) is 2. The van der Waals surface area contributed by atoms with Crippen LogP contribution in [-0.2, 0) is 19.1 Å². The van der Waals surface area contributed by atoms with Crippen molar-refractivity contribution in [2.24, 2.45) is 5.73 Å². The lowest BCUT2D eigenvalue weighted by Gasteiger charge is -2.14. The molecule has 0 spiro atoms. The Balaban J connectivity index is -0.000000416. The molecule has 0 heterocycles. The van der Waals surface area contributed by atoms with E-state index < -0.39 is 5.97 Å². The van der Waals surface area contributed by atoms with Gasteiger partial charge in [0.1, 0.15) is 0 Å². The van der Waals surface area contributed by atoms with Gasteiger partial charge in [0.2, 0.25) is 5.91 Å². The van der Waals surface area contributed by atoms with E-state index in [2.05, 4.69) is 38.9 Å². The molecule has 1 atom stereocenters. The molecule has 0 aromatic carbocycles. The monoisotopic (exact) mass is 439 g/mol. The maximum absolute atomic E-state index is 11.0. The van der Waals surface area contributed by atoms with Crippen LogP contribution in [0.1, 0.15) is 85.5 Å². The molecule has 0 aliphatic rings. The lowest BCUT2D eigenvalue weighted by Crippen LogP contribution is -2.31. The summed E-state index contributed by atoms with van der Waals surface area (Å²) >= 11 is 0. The molecule has 1 amide bonds. The zero-order chi connectivity index (χ0) is 24.7. The molecule has 0 saturated carbocycles. The van der Waals surface area contributed by atoms with E-state index in [-0.39, 0.29) is 18.1 Å². The van der Waals surface area contributed by atoms with Crippen LogP contribution in [0, 0.1) is 0 Å². The molecule has 0 fully saturated rings. The summed E-state index contributed by atoms with van der Waals surface area (Å²) in [5.41, 5.74) is 6.06. The summed E-state index contributed by atoms with van der Waals surface area (Å²) in [4.78, 5) is 30.8. The number of primary amides is 1. The third-order valence-electron chi connectivity index (χ3n) is 3.94. The zero-order valence-corrected chi connectivity index (χ0v) is 20.0. The van der Waals surface area contributed by atoms with Gasteiger partial charge in [-0.05, 0) is 45.7 Å². The second-order valence-corrected chi connectivity index (χ2v) is 7.14. The topological polar surface area (TPSA) is 122 Å². The molecule has 0 radical (unpaired) electrons. The number of aliphatic carboxylic acids is 1. The Kier molecular flexibility index (Phi) is 25.6. The Labute approximate surface area is 188 Å². The summed E-state index contributed by atoms with van der Waals surface area (Å²) in [6.07, 6.45) is 10.9.